The number of carbonyl (C=O) groups excluding carboxylic acids is 1. The molecule has 1 unspecified atom stereocenters. The zero-order valence-corrected chi connectivity index (χ0v) is 18.6. The number of aromatic nitrogens is 2. The smallest absolute Gasteiger partial charge is 0.351 e. The van der Waals surface area contributed by atoms with Crippen LogP contribution in [0.4, 0.5) is 10.2 Å². The van der Waals surface area contributed by atoms with E-state index < -0.39 is 44.6 Å². The Morgan fingerprint density at radius 2 is 2.20 bits per heavy atom. The van der Waals surface area contributed by atoms with Gasteiger partial charge in [-0.1, -0.05) is 20.8 Å². The molecule has 1 saturated heterocycles. The molecule has 1 aromatic heterocycles. The molecule has 0 aliphatic carbocycles. The second kappa shape index (κ2) is 10.5. The molecule has 1 fully saturated rings. The second-order valence-electron chi connectivity index (χ2n) is 7.43. The third kappa shape index (κ3) is 6.34. The van der Waals surface area contributed by atoms with Gasteiger partial charge in [0.15, 0.2) is 0 Å². The Balaban J connectivity index is 1.90. The number of esters is 1. The van der Waals surface area contributed by atoms with E-state index in [-0.39, 0.29) is 24.3 Å². The molecule has 2 heterocycles. The molecule has 2 rings (SSSR count). The summed E-state index contributed by atoms with van der Waals surface area (Å²) in [4.78, 5) is 27.6. The fourth-order valence-electron chi connectivity index (χ4n) is 3.18. The lowest BCUT2D eigenvalue weighted by atomic mass is 10.1. The van der Waals surface area contributed by atoms with Gasteiger partial charge in [-0.3, -0.25) is 13.9 Å². The topological polar surface area (TPSA) is 135 Å². The van der Waals surface area contributed by atoms with Crippen molar-refractivity contribution in [2.75, 3.05) is 12.3 Å². The average Bonchev–Trinajstić information content (AvgIpc) is 2.99. The summed E-state index contributed by atoms with van der Waals surface area (Å²) in [7, 11) is -2.94. The number of nitrogens with one attached hydrogen (secondary N) is 1. The van der Waals surface area contributed by atoms with Crippen LogP contribution in [0.3, 0.4) is 0 Å². The third-order valence-electron chi connectivity index (χ3n) is 4.87. The highest BCUT2D eigenvalue weighted by Gasteiger charge is 2.47. The summed E-state index contributed by atoms with van der Waals surface area (Å²) in [5.74, 6) is -3.11. The standard InChI is InChI=1S/C18H30FN4O6P/c1-5-13(6-2)28-16(24)12(4)22-30(26)27-10-18(19)9-11(3)15(29-18)23-8-7-14(20)21-17(23)25/h7-8,11-13,15,30H,5-6,9-10H2,1-4H3,(H,22,26)(H2,20,21,25)/t11-,12-,15+,18-/m0/s1. The van der Waals surface area contributed by atoms with Gasteiger partial charge in [0, 0.05) is 18.5 Å². The summed E-state index contributed by atoms with van der Waals surface area (Å²) >= 11 is 0. The lowest BCUT2D eigenvalue weighted by Crippen LogP contribution is -2.35. The Bertz CT molecular complexity index is 820. The van der Waals surface area contributed by atoms with Crippen molar-refractivity contribution < 1.29 is 27.7 Å². The van der Waals surface area contributed by atoms with Crippen LogP contribution in [0.25, 0.3) is 0 Å². The highest BCUT2D eigenvalue weighted by atomic mass is 31.1. The van der Waals surface area contributed by atoms with Gasteiger partial charge in [-0.15, -0.1) is 0 Å². The summed E-state index contributed by atoms with van der Waals surface area (Å²) < 4.78 is 44.2. The van der Waals surface area contributed by atoms with Crippen molar-refractivity contribution in [3.63, 3.8) is 0 Å². The van der Waals surface area contributed by atoms with Gasteiger partial charge in [0.25, 0.3) is 8.18 Å². The minimum Gasteiger partial charge on any atom is -0.461 e. The molecule has 12 heteroatoms. The predicted molar refractivity (Wildman–Crippen MR) is 109 cm³/mol. The average molecular weight is 448 g/mol. The van der Waals surface area contributed by atoms with Crippen molar-refractivity contribution in [2.24, 2.45) is 5.92 Å². The van der Waals surface area contributed by atoms with Crippen molar-refractivity contribution in [3.8, 4) is 0 Å². The molecule has 1 aliphatic rings. The molecule has 0 radical (unpaired) electrons. The first-order chi connectivity index (χ1) is 14.1. The monoisotopic (exact) mass is 448 g/mol. The van der Waals surface area contributed by atoms with Crippen LogP contribution in [0.1, 0.15) is 53.2 Å². The number of ether oxygens (including phenoxy) is 2. The van der Waals surface area contributed by atoms with Crippen molar-refractivity contribution in [3.05, 3.63) is 22.7 Å². The van der Waals surface area contributed by atoms with E-state index in [0.717, 1.165) is 4.57 Å². The summed E-state index contributed by atoms with van der Waals surface area (Å²) in [5.41, 5.74) is 4.81. The zero-order chi connectivity index (χ0) is 22.5. The maximum atomic E-state index is 15.1. The first-order valence-electron chi connectivity index (χ1n) is 9.93. The van der Waals surface area contributed by atoms with Gasteiger partial charge in [0.1, 0.15) is 30.8 Å². The lowest BCUT2D eigenvalue weighted by molar-refractivity contribution is -0.173. The summed E-state index contributed by atoms with van der Waals surface area (Å²) in [6.07, 6.45) is 1.55. The van der Waals surface area contributed by atoms with E-state index in [2.05, 4.69) is 10.1 Å². The van der Waals surface area contributed by atoms with E-state index in [9.17, 15) is 14.2 Å². The van der Waals surface area contributed by atoms with Crippen molar-refractivity contribution in [1.82, 2.24) is 14.6 Å². The molecule has 30 heavy (non-hydrogen) atoms. The van der Waals surface area contributed by atoms with Crippen LogP contribution in [-0.4, -0.2) is 40.1 Å². The number of halogens is 1. The highest BCUT2D eigenvalue weighted by molar-refractivity contribution is 7.36. The van der Waals surface area contributed by atoms with Crippen LogP contribution in [0.5, 0.6) is 0 Å². The molecule has 10 nitrogen and oxygen atoms in total. The molecular weight excluding hydrogens is 418 g/mol. The van der Waals surface area contributed by atoms with Crippen LogP contribution in [0.15, 0.2) is 17.1 Å². The molecule has 3 N–H and O–H groups in total. The van der Waals surface area contributed by atoms with E-state index in [1.54, 1.807) is 6.92 Å². The number of alkyl halides is 1. The number of nitrogens with zero attached hydrogens (tertiary/aromatic N) is 2. The molecule has 1 aliphatic heterocycles. The van der Waals surface area contributed by atoms with Crippen molar-refractivity contribution >= 4 is 20.0 Å². The minimum atomic E-state index is -2.94. The van der Waals surface area contributed by atoms with Gasteiger partial charge in [0.05, 0.1) is 0 Å². The maximum Gasteiger partial charge on any atom is 0.351 e. The van der Waals surface area contributed by atoms with E-state index in [1.165, 1.54) is 19.2 Å². The molecule has 0 spiro atoms. The summed E-state index contributed by atoms with van der Waals surface area (Å²) in [6, 6.07) is 0.542. The van der Waals surface area contributed by atoms with Gasteiger partial charge in [-0.05, 0) is 25.8 Å². The Labute approximate surface area is 175 Å². The quantitative estimate of drug-likeness (QED) is 0.408. The van der Waals surface area contributed by atoms with Gasteiger partial charge in [-0.2, -0.15) is 4.98 Å². The van der Waals surface area contributed by atoms with E-state index >= 15 is 4.39 Å². The summed E-state index contributed by atoms with van der Waals surface area (Å²) in [5, 5.41) is 2.49. The largest absolute Gasteiger partial charge is 0.461 e. The Morgan fingerprint density at radius 1 is 1.53 bits per heavy atom. The fraction of sp³-hybridized carbons (Fsp3) is 0.722. The molecule has 170 valence electrons. The molecular formula is C18H30FN4O6P. The van der Waals surface area contributed by atoms with Crippen LogP contribution < -0.4 is 16.5 Å². The van der Waals surface area contributed by atoms with Crippen LogP contribution in [0.2, 0.25) is 0 Å². The van der Waals surface area contributed by atoms with Gasteiger partial charge in [-0.25, -0.2) is 14.3 Å². The first-order valence-corrected chi connectivity index (χ1v) is 11.2. The maximum absolute atomic E-state index is 15.1. The molecule has 0 saturated carbocycles. The fourth-order valence-corrected chi connectivity index (χ4v) is 4.08. The number of hydrogen-bond donors (Lipinski definition) is 2. The normalized spacial score (nSPS) is 25.9. The number of rotatable bonds is 10. The predicted octanol–water partition coefficient (Wildman–Crippen LogP) is 2.16. The Kier molecular flexibility index (Phi) is 8.54. The third-order valence-corrected chi connectivity index (χ3v) is 5.95. The zero-order valence-electron chi connectivity index (χ0n) is 17.6. The number of hydrogen-bond acceptors (Lipinski definition) is 8. The molecule has 1 aromatic rings. The molecule has 5 atom stereocenters. The number of nitrogen functional groups attached to an aromatic ring is 1. The SMILES string of the molecule is CCC(CC)OC(=O)[C@H](C)N[PH](=O)OC[C@]1(F)C[C@H](C)[C@H](n2ccc(N)nc2=O)O1. The second-order valence-corrected chi connectivity index (χ2v) is 8.58. The Morgan fingerprint density at radius 3 is 2.80 bits per heavy atom. The van der Waals surface area contributed by atoms with Crippen molar-refractivity contribution in [1.29, 1.82) is 0 Å². The first kappa shape index (κ1) is 24.5. The van der Waals surface area contributed by atoms with Crippen LogP contribution in [0, 0.1) is 5.92 Å². The minimum absolute atomic E-state index is 0.0539. The van der Waals surface area contributed by atoms with Crippen LogP contribution in [-0.2, 0) is 23.4 Å². The van der Waals surface area contributed by atoms with Crippen LogP contribution >= 0.6 is 8.18 Å². The van der Waals surface area contributed by atoms with Crippen molar-refractivity contribution in [2.45, 2.75) is 71.2 Å². The molecule has 0 bridgehead atoms. The summed E-state index contributed by atoms with van der Waals surface area (Å²) in [6.45, 7) is 6.38. The number of nitrogens with two attached hydrogens (primary N) is 1. The molecule has 0 aromatic carbocycles. The highest BCUT2D eigenvalue weighted by Crippen LogP contribution is 2.42. The number of carbonyl (C=O) groups is 1. The van der Waals surface area contributed by atoms with E-state index in [1.807, 2.05) is 13.8 Å². The van der Waals surface area contributed by atoms with E-state index in [0.29, 0.717) is 12.8 Å². The lowest BCUT2D eigenvalue weighted by Gasteiger charge is -2.22. The van der Waals surface area contributed by atoms with Gasteiger partial charge in [0.2, 0.25) is 5.85 Å². The Hall–Kier alpha value is -1.81. The number of anilines is 1. The van der Waals surface area contributed by atoms with E-state index in [4.69, 9.17) is 19.7 Å². The van der Waals surface area contributed by atoms with Gasteiger partial charge >= 0.3 is 11.7 Å². The molecule has 0 amide bonds. The van der Waals surface area contributed by atoms with Gasteiger partial charge < -0.3 is 19.7 Å².